The lowest BCUT2D eigenvalue weighted by atomic mass is 9.82. The number of allylic oxidation sites excluding steroid dienone is 2. The summed E-state index contributed by atoms with van der Waals surface area (Å²) in [5.41, 5.74) is 0. The van der Waals surface area contributed by atoms with E-state index in [4.69, 9.17) is 5.26 Å². The molecule has 0 aromatic carbocycles. The molecule has 0 saturated heterocycles. The highest BCUT2D eigenvalue weighted by atomic mass is 19.1. The number of hydrogen-bond acceptors (Lipinski definition) is 1. The maximum Gasteiger partial charge on any atom is 0.119 e. The maximum absolute atomic E-state index is 12.7. The molecule has 0 heterocycles. The lowest BCUT2D eigenvalue weighted by Gasteiger charge is -2.22. The predicted octanol–water partition coefficient (Wildman–Crippen LogP) is 2.45. The first kappa shape index (κ1) is 8.26. The summed E-state index contributed by atoms with van der Waals surface area (Å²) < 4.78 is 12.7. The van der Waals surface area contributed by atoms with Gasteiger partial charge in [0, 0.05) is 0 Å². The number of hydrogen-bond donors (Lipinski definition) is 0. The van der Waals surface area contributed by atoms with Crippen molar-refractivity contribution in [3.05, 3.63) is 12.2 Å². The van der Waals surface area contributed by atoms with Crippen LogP contribution in [0.25, 0.3) is 0 Å². The molecule has 0 aromatic heterocycles. The minimum Gasteiger partial charge on any atom is -0.243 e. The smallest absolute Gasteiger partial charge is 0.119 e. The van der Waals surface area contributed by atoms with E-state index in [0.717, 1.165) is 6.42 Å². The van der Waals surface area contributed by atoms with Gasteiger partial charge in [0.15, 0.2) is 0 Å². The molecule has 0 bridgehead atoms. The van der Waals surface area contributed by atoms with E-state index in [-0.39, 0.29) is 11.8 Å². The normalized spacial score (nSPS) is 36.6. The largest absolute Gasteiger partial charge is 0.243 e. The van der Waals surface area contributed by atoms with Gasteiger partial charge in [-0.2, -0.15) is 5.26 Å². The van der Waals surface area contributed by atoms with Crippen LogP contribution in [0, 0.1) is 23.2 Å². The Morgan fingerprint density at radius 1 is 1.64 bits per heavy atom. The van der Waals surface area contributed by atoms with Gasteiger partial charge in [-0.15, -0.1) is 0 Å². The molecule has 60 valence electrons. The third-order valence-electron chi connectivity index (χ3n) is 2.24. The third kappa shape index (κ3) is 1.80. The van der Waals surface area contributed by atoms with Gasteiger partial charge in [-0.3, -0.25) is 0 Å². The molecule has 1 aliphatic rings. The zero-order valence-corrected chi connectivity index (χ0v) is 6.63. The Morgan fingerprint density at radius 2 is 2.36 bits per heavy atom. The van der Waals surface area contributed by atoms with Crippen LogP contribution in [0.1, 0.15) is 19.8 Å². The van der Waals surface area contributed by atoms with Crippen molar-refractivity contribution in [1.29, 1.82) is 5.26 Å². The molecule has 0 aliphatic heterocycles. The number of nitrogens with zero attached hydrogens (tertiary/aromatic N) is 1. The van der Waals surface area contributed by atoms with Crippen molar-refractivity contribution in [2.45, 2.75) is 25.9 Å². The molecule has 0 saturated carbocycles. The summed E-state index contributed by atoms with van der Waals surface area (Å²) >= 11 is 0. The molecule has 0 fully saturated rings. The molecule has 1 nitrogen and oxygen atoms in total. The summed E-state index contributed by atoms with van der Waals surface area (Å²) in [5, 5.41) is 8.66. The van der Waals surface area contributed by atoms with E-state index in [0.29, 0.717) is 6.42 Å². The second-order valence-electron chi connectivity index (χ2n) is 2.96. The zero-order valence-electron chi connectivity index (χ0n) is 6.63. The molecule has 1 aliphatic carbocycles. The highest BCUT2D eigenvalue weighted by Gasteiger charge is 2.24. The predicted molar refractivity (Wildman–Crippen MR) is 41.5 cm³/mol. The van der Waals surface area contributed by atoms with Crippen LogP contribution in [0.2, 0.25) is 0 Å². The summed E-state index contributed by atoms with van der Waals surface area (Å²) in [5.74, 6) is 0.159. The second kappa shape index (κ2) is 3.52. The molecule has 3 unspecified atom stereocenters. The highest BCUT2D eigenvalue weighted by molar-refractivity contribution is 5.09. The van der Waals surface area contributed by atoms with E-state index in [1.165, 1.54) is 6.08 Å². The fraction of sp³-hybridized carbons (Fsp3) is 0.667. The molecular formula is C9H12FN. The van der Waals surface area contributed by atoms with E-state index < -0.39 is 6.17 Å². The summed E-state index contributed by atoms with van der Waals surface area (Å²) in [7, 11) is 0. The van der Waals surface area contributed by atoms with E-state index >= 15 is 0 Å². The fourth-order valence-electron chi connectivity index (χ4n) is 1.48. The Hall–Kier alpha value is -0.840. The molecular weight excluding hydrogens is 141 g/mol. The van der Waals surface area contributed by atoms with Crippen molar-refractivity contribution in [3.8, 4) is 6.07 Å². The van der Waals surface area contributed by atoms with E-state index in [9.17, 15) is 4.39 Å². The first-order chi connectivity index (χ1) is 5.27. The summed E-state index contributed by atoms with van der Waals surface area (Å²) in [4.78, 5) is 0. The fourth-order valence-corrected chi connectivity index (χ4v) is 1.48. The van der Waals surface area contributed by atoms with E-state index in [2.05, 4.69) is 6.07 Å². The van der Waals surface area contributed by atoms with E-state index in [1.54, 1.807) is 6.08 Å². The molecule has 11 heavy (non-hydrogen) atoms. The van der Waals surface area contributed by atoms with Crippen LogP contribution in [-0.2, 0) is 0 Å². The van der Waals surface area contributed by atoms with Gasteiger partial charge in [0.1, 0.15) is 6.17 Å². The quantitative estimate of drug-likeness (QED) is 0.531. The first-order valence-corrected chi connectivity index (χ1v) is 4.00. The summed E-state index contributed by atoms with van der Waals surface area (Å²) in [6.45, 7) is 2.00. The molecule has 0 radical (unpaired) electrons. The van der Waals surface area contributed by atoms with Crippen LogP contribution >= 0.6 is 0 Å². The average Bonchev–Trinajstić information content (AvgIpc) is 2.04. The Morgan fingerprint density at radius 3 is 2.91 bits per heavy atom. The van der Waals surface area contributed by atoms with Crippen LogP contribution in [0.3, 0.4) is 0 Å². The molecule has 0 amide bonds. The number of nitriles is 1. The third-order valence-corrected chi connectivity index (χ3v) is 2.24. The minimum absolute atomic E-state index is 0.0630. The lowest BCUT2D eigenvalue weighted by Crippen LogP contribution is -2.19. The van der Waals surface area contributed by atoms with Crippen molar-refractivity contribution in [3.63, 3.8) is 0 Å². The van der Waals surface area contributed by atoms with Crippen molar-refractivity contribution in [2.75, 3.05) is 0 Å². The van der Waals surface area contributed by atoms with Crippen molar-refractivity contribution in [2.24, 2.45) is 11.8 Å². The Labute approximate surface area is 66.5 Å². The molecule has 0 aromatic rings. The number of alkyl halides is 1. The molecule has 0 spiro atoms. The highest BCUT2D eigenvalue weighted by Crippen LogP contribution is 2.28. The van der Waals surface area contributed by atoms with Gasteiger partial charge in [-0.05, 0) is 12.3 Å². The molecule has 0 N–H and O–H groups in total. The van der Waals surface area contributed by atoms with Gasteiger partial charge in [0.05, 0.1) is 12.0 Å². The van der Waals surface area contributed by atoms with Crippen LogP contribution < -0.4 is 0 Å². The van der Waals surface area contributed by atoms with Gasteiger partial charge >= 0.3 is 0 Å². The first-order valence-electron chi connectivity index (χ1n) is 4.00. The summed E-state index contributed by atoms with van der Waals surface area (Å²) in [6, 6.07) is 2.17. The summed E-state index contributed by atoms with van der Waals surface area (Å²) in [6.07, 6.45) is 3.78. The molecule has 1 rings (SSSR count). The molecule has 3 atom stereocenters. The molecule has 2 heteroatoms. The van der Waals surface area contributed by atoms with Gasteiger partial charge in [-0.1, -0.05) is 25.5 Å². The topological polar surface area (TPSA) is 23.8 Å². The van der Waals surface area contributed by atoms with Gasteiger partial charge in [0.2, 0.25) is 0 Å². The second-order valence-corrected chi connectivity index (χ2v) is 2.96. The maximum atomic E-state index is 12.7. The van der Waals surface area contributed by atoms with Crippen LogP contribution in [0.4, 0.5) is 4.39 Å². The van der Waals surface area contributed by atoms with Gasteiger partial charge < -0.3 is 0 Å². The van der Waals surface area contributed by atoms with Crippen LogP contribution in [-0.4, -0.2) is 6.17 Å². The number of halogens is 1. The lowest BCUT2D eigenvalue weighted by molar-refractivity contribution is 0.274. The Bertz CT molecular complexity index is 192. The monoisotopic (exact) mass is 153 g/mol. The zero-order chi connectivity index (χ0) is 8.27. The number of rotatable bonds is 1. The van der Waals surface area contributed by atoms with Crippen molar-refractivity contribution < 1.29 is 4.39 Å². The Kier molecular flexibility index (Phi) is 2.64. The minimum atomic E-state index is -0.829. The van der Waals surface area contributed by atoms with Crippen LogP contribution in [0.15, 0.2) is 12.2 Å². The average molecular weight is 153 g/mol. The van der Waals surface area contributed by atoms with E-state index in [1.807, 2.05) is 6.92 Å². The van der Waals surface area contributed by atoms with Gasteiger partial charge in [-0.25, -0.2) is 4.39 Å². The van der Waals surface area contributed by atoms with Gasteiger partial charge in [0.25, 0.3) is 0 Å². The van der Waals surface area contributed by atoms with Crippen molar-refractivity contribution >= 4 is 0 Å². The standard InChI is InChI=1S/C9H12FN/c1-2-7-5-9(10)4-3-8(7)6-11/h3-4,7-9H,2,5H2,1H3. The SMILES string of the molecule is CCC1CC(F)C=CC1C#N. The van der Waals surface area contributed by atoms with Crippen LogP contribution in [0.5, 0.6) is 0 Å². The van der Waals surface area contributed by atoms with Crippen molar-refractivity contribution in [1.82, 2.24) is 0 Å². The Balaban J connectivity index is 2.65.